The Balaban J connectivity index is 2.64. The normalized spacial score (nSPS) is 19.4. The second-order valence-corrected chi connectivity index (χ2v) is 4.56. The first-order valence-electron chi connectivity index (χ1n) is 5.16. The topological polar surface area (TPSA) is 99.1 Å². The SMILES string of the molecule is CC1(C)Oc2ccc(F)c(C(=O)[O-])c2O[B-]1(O)O. The van der Waals surface area contributed by atoms with Gasteiger partial charge in [-0.3, -0.25) is 0 Å². The van der Waals surface area contributed by atoms with E-state index in [9.17, 15) is 24.3 Å². The van der Waals surface area contributed by atoms with Crippen molar-refractivity contribution in [2.45, 2.75) is 19.3 Å². The van der Waals surface area contributed by atoms with Crippen LogP contribution in [0.3, 0.4) is 0 Å². The minimum atomic E-state index is -3.49. The average molecular weight is 256 g/mol. The van der Waals surface area contributed by atoms with Gasteiger partial charge < -0.3 is 29.3 Å². The van der Waals surface area contributed by atoms with Crippen LogP contribution in [0, 0.1) is 5.82 Å². The van der Waals surface area contributed by atoms with E-state index in [-0.39, 0.29) is 5.75 Å². The van der Waals surface area contributed by atoms with Crippen molar-refractivity contribution >= 4 is 12.7 Å². The maximum absolute atomic E-state index is 13.4. The van der Waals surface area contributed by atoms with Gasteiger partial charge in [-0.1, -0.05) is 0 Å². The predicted molar refractivity (Wildman–Crippen MR) is 56.3 cm³/mol. The number of carboxylic acids is 1. The fraction of sp³-hybridized carbons (Fsp3) is 0.300. The summed E-state index contributed by atoms with van der Waals surface area (Å²) in [5.41, 5.74) is -2.40. The van der Waals surface area contributed by atoms with Gasteiger partial charge in [-0.2, -0.15) is 0 Å². The van der Waals surface area contributed by atoms with Crippen LogP contribution in [0.2, 0.25) is 0 Å². The van der Waals surface area contributed by atoms with Gasteiger partial charge in [0, 0.05) is 0 Å². The van der Waals surface area contributed by atoms with Gasteiger partial charge in [0.25, 0.3) is 0 Å². The molecular formula is C10H10BFO6-2. The Morgan fingerprint density at radius 2 is 2.06 bits per heavy atom. The van der Waals surface area contributed by atoms with E-state index in [2.05, 4.69) is 0 Å². The second-order valence-electron chi connectivity index (χ2n) is 4.56. The monoisotopic (exact) mass is 256 g/mol. The van der Waals surface area contributed by atoms with Gasteiger partial charge >= 0.3 is 6.75 Å². The van der Waals surface area contributed by atoms with E-state index in [4.69, 9.17) is 9.39 Å². The average Bonchev–Trinajstić information content (AvgIpc) is 2.19. The Kier molecular flexibility index (Phi) is 2.53. The molecule has 0 atom stereocenters. The smallest absolute Gasteiger partial charge is 0.473 e. The molecule has 0 fully saturated rings. The lowest BCUT2D eigenvalue weighted by Crippen LogP contribution is -2.65. The third kappa shape index (κ3) is 1.70. The van der Waals surface area contributed by atoms with Crippen molar-refractivity contribution in [1.29, 1.82) is 0 Å². The van der Waals surface area contributed by atoms with E-state index in [0.29, 0.717) is 0 Å². The van der Waals surface area contributed by atoms with E-state index >= 15 is 0 Å². The highest BCUT2D eigenvalue weighted by Crippen LogP contribution is 2.42. The number of rotatable bonds is 1. The summed E-state index contributed by atoms with van der Waals surface area (Å²) in [7, 11) is 0. The van der Waals surface area contributed by atoms with Crippen LogP contribution in [0.15, 0.2) is 12.1 Å². The summed E-state index contributed by atoms with van der Waals surface area (Å²) in [6.45, 7) is -0.803. The molecule has 0 saturated heterocycles. The van der Waals surface area contributed by atoms with E-state index in [1.165, 1.54) is 13.8 Å². The number of hydrogen-bond donors (Lipinski definition) is 2. The molecule has 8 heteroatoms. The van der Waals surface area contributed by atoms with Crippen molar-refractivity contribution in [3.63, 3.8) is 0 Å². The summed E-state index contributed by atoms with van der Waals surface area (Å²) in [6.07, 6.45) is 0. The van der Waals surface area contributed by atoms with Gasteiger partial charge in [-0.05, 0) is 26.0 Å². The van der Waals surface area contributed by atoms with Gasteiger partial charge in [-0.15, -0.1) is 0 Å². The summed E-state index contributed by atoms with van der Waals surface area (Å²) in [5, 5.41) is 30.2. The van der Waals surface area contributed by atoms with E-state index in [1.54, 1.807) is 0 Å². The standard InChI is InChI=1S/C10H11BFO6/c1-10(2)11(15,16)18-8-6(17-10)4-3-5(12)7(8)9(13)14/h3-4,15-16H,1-2H3,(H,13,14)/q-1/p-1. The number of carbonyl (C=O) groups is 1. The first-order valence-corrected chi connectivity index (χ1v) is 5.16. The number of fused-ring (bicyclic) bond motifs is 1. The summed E-state index contributed by atoms with van der Waals surface area (Å²) in [5.74, 6) is -3.62. The molecule has 0 amide bonds. The van der Waals surface area contributed by atoms with Crippen molar-refractivity contribution in [3.05, 3.63) is 23.5 Å². The molecule has 0 aromatic heterocycles. The molecule has 98 valence electrons. The van der Waals surface area contributed by atoms with Crippen LogP contribution in [-0.2, 0) is 0 Å². The molecular weight excluding hydrogens is 246 g/mol. The molecule has 1 aliphatic rings. The summed E-state index contributed by atoms with van der Waals surface area (Å²) in [4.78, 5) is 10.8. The van der Waals surface area contributed by atoms with Crippen LogP contribution < -0.4 is 14.5 Å². The van der Waals surface area contributed by atoms with E-state index in [1.807, 2.05) is 0 Å². The van der Waals surface area contributed by atoms with Crippen LogP contribution in [0.5, 0.6) is 11.5 Å². The molecule has 1 aromatic rings. The number of halogens is 1. The van der Waals surface area contributed by atoms with Crippen molar-refractivity contribution in [1.82, 2.24) is 0 Å². The number of ether oxygens (including phenoxy) is 1. The number of carbonyl (C=O) groups excluding carboxylic acids is 1. The molecule has 1 aromatic carbocycles. The molecule has 2 N–H and O–H groups in total. The molecule has 0 spiro atoms. The van der Waals surface area contributed by atoms with Gasteiger partial charge in [-0.25, -0.2) is 4.39 Å². The Hall–Kier alpha value is -1.80. The molecule has 0 radical (unpaired) electrons. The van der Waals surface area contributed by atoms with Gasteiger partial charge in [0.2, 0.25) is 0 Å². The van der Waals surface area contributed by atoms with Crippen LogP contribution in [0.1, 0.15) is 24.2 Å². The number of hydrogen-bond acceptors (Lipinski definition) is 6. The summed E-state index contributed by atoms with van der Waals surface area (Å²) >= 11 is 0. The van der Waals surface area contributed by atoms with Crippen molar-refractivity contribution in [3.8, 4) is 11.5 Å². The highest BCUT2D eigenvalue weighted by Gasteiger charge is 2.48. The predicted octanol–water partition coefficient (Wildman–Crippen LogP) is -0.798. The zero-order chi connectivity index (χ0) is 13.7. The highest BCUT2D eigenvalue weighted by molar-refractivity contribution is 6.62. The number of aromatic carboxylic acids is 1. The molecule has 0 aliphatic carbocycles. The van der Waals surface area contributed by atoms with Gasteiger partial charge in [0.15, 0.2) is 5.75 Å². The number of benzene rings is 1. The van der Waals surface area contributed by atoms with E-state index < -0.39 is 35.4 Å². The van der Waals surface area contributed by atoms with Gasteiger partial charge in [0.1, 0.15) is 11.6 Å². The van der Waals surface area contributed by atoms with Gasteiger partial charge in [0.05, 0.1) is 17.0 Å². The molecule has 6 nitrogen and oxygen atoms in total. The third-order valence-electron chi connectivity index (χ3n) is 2.84. The maximum Gasteiger partial charge on any atom is 0.473 e. The first kappa shape index (κ1) is 12.7. The van der Waals surface area contributed by atoms with Crippen LogP contribution >= 0.6 is 0 Å². The lowest BCUT2D eigenvalue weighted by Gasteiger charge is -2.49. The Morgan fingerprint density at radius 3 is 2.61 bits per heavy atom. The fourth-order valence-electron chi connectivity index (χ4n) is 1.59. The van der Waals surface area contributed by atoms with Crippen LogP contribution in [-0.4, -0.2) is 28.3 Å². The minimum absolute atomic E-state index is 0.0961. The fourth-order valence-corrected chi connectivity index (χ4v) is 1.59. The molecule has 1 aliphatic heterocycles. The largest absolute Gasteiger partial charge is 0.665 e. The van der Waals surface area contributed by atoms with Crippen molar-refractivity contribution < 1.29 is 33.7 Å². The molecule has 18 heavy (non-hydrogen) atoms. The van der Waals surface area contributed by atoms with Crippen molar-refractivity contribution in [2.75, 3.05) is 0 Å². The molecule has 1 heterocycles. The third-order valence-corrected chi connectivity index (χ3v) is 2.84. The number of carboxylic acid groups (broad SMARTS) is 1. The zero-order valence-electron chi connectivity index (χ0n) is 9.64. The highest BCUT2D eigenvalue weighted by atomic mass is 19.1. The molecule has 2 rings (SSSR count). The minimum Gasteiger partial charge on any atom is -0.665 e. The molecule has 0 bridgehead atoms. The van der Waals surface area contributed by atoms with Crippen molar-refractivity contribution in [2.24, 2.45) is 0 Å². The lowest BCUT2D eigenvalue weighted by molar-refractivity contribution is -0.255. The van der Waals surface area contributed by atoms with E-state index in [0.717, 1.165) is 12.1 Å². The molecule has 0 saturated carbocycles. The Bertz CT molecular complexity index is 527. The second kappa shape index (κ2) is 3.60. The quantitative estimate of drug-likeness (QED) is 0.638. The summed E-state index contributed by atoms with van der Waals surface area (Å²) < 4.78 is 23.4. The summed E-state index contributed by atoms with van der Waals surface area (Å²) in [6, 6.07) is 2.02. The van der Waals surface area contributed by atoms with Crippen LogP contribution in [0.25, 0.3) is 0 Å². The van der Waals surface area contributed by atoms with Crippen LogP contribution in [0.4, 0.5) is 4.39 Å². The Morgan fingerprint density at radius 1 is 1.44 bits per heavy atom. The maximum atomic E-state index is 13.4. The molecule has 0 unspecified atom stereocenters. The Labute approximate surface area is 102 Å². The first-order chi connectivity index (χ1) is 8.16. The lowest BCUT2D eigenvalue weighted by atomic mass is 9.60. The zero-order valence-corrected chi connectivity index (χ0v) is 9.64.